The molecule has 0 spiro atoms. The summed E-state index contributed by atoms with van der Waals surface area (Å²) in [5.41, 5.74) is 8.15. The molecule has 0 saturated carbocycles. The third-order valence-electron chi connectivity index (χ3n) is 7.77. The monoisotopic (exact) mass is 628 g/mol. The highest BCUT2D eigenvalue weighted by atomic mass is 35.5. The number of piperidine rings is 1. The lowest BCUT2D eigenvalue weighted by molar-refractivity contribution is 0.0378. The van der Waals surface area contributed by atoms with Crippen molar-refractivity contribution in [3.63, 3.8) is 0 Å². The van der Waals surface area contributed by atoms with Gasteiger partial charge in [0.15, 0.2) is 0 Å². The largest absolute Gasteiger partial charge is 0.484 e. The van der Waals surface area contributed by atoms with Crippen LogP contribution >= 0.6 is 23.2 Å². The van der Waals surface area contributed by atoms with Crippen LogP contribution in [-0.2, 0) is 25.9 Å². The maximum Gasteiger partial charge on any atom is 0.240 e. The summed E-state index contributed by atoms with van der Waals surface area (Å²) in [7, 11) is 0.544. The Labute approximate surface area is 254 Å². The van der Waals surface area contributed by atoms with E-state index in [1.165, 1.54) is 6.42 Å². The van der Waals surface area contributed by atoms with Gasteiger partial charge in [0.1, 0.15) is 11.9 Å². The van der Waals surface area contributed by atoms with Crippen molar-refractivity contribution in [2.45, 2.75) is 49.3 Å². The van der Waals surface area contributed by atoms with Crippen molar-refractivity contribution in [1.29, 1.82) is 0 Å². The SMILES string of the molecule is Cc1cc(S(=O)(=O)NCCOCCOCCN)ccc1O[C@H]1c2cc(Cl)cc(Cl)c2C[C@@H]1N1CCC[C@@H](N(C)C)C1. The number of rotatable bonds is 14. The molecule has 41 heavy (non-hydrogen) atoms. The molecular formula is C29H42Cl2N4O5S. The first-order valence-corrected chi connectivity index (χ1v) is 16.4. The molecule has 1 aliphatic heterocycles. The lowest BCUT2D eigenvalue weighted by Gasteiger charge is -2.41. The molecule has 0 radical (unpaired) electrons. The fourth-order valence-corrected chi connectivity index (χ4v) is 7.26. The predicted molar refractivity (Wildman–Crippen MR) is 163 cm³/mol. The summed E-state index contributed by atoms with van der Waals surface area (Å²) in [5.74, 6) is 0.630. The van der Waals surface area contributed by atoms with Crippen LogP contribution in [0, 0.1) is 6.92 Å². The number of fused-ring (bicyclic) bond motifs is 1. The van der Waals surface area contributed by atoms with Gasteiger partial charge < -0.3 is 24.8 Å². The average molecular weight is 630 g/mol. The topological polar surface area (TPSA) is 106 Å². The van der Waals surface area contributed by atoms with Crippen molar-refractivity contribution >= 4 is 33.2 Å². The van der Waals surface area contributed by atoms with Crippen LogP contribution in [0.2, 0.25) is 10.0 Å². The number of nitrogens with one attached hydrogen (secondary N) is 1. The third-order valence-corrected chi connectivity index (χ3v) is 9.79. The van der Waals surface area contributed by atoms with Crippen LogP contribution in [0.4, 0.5) is 0 Å². The van der Waals surface area contributed by atoms with Crippen LogP contribution in [0.1, 0.15) is 35.6 Å². The van der Waals surface area contributed by atoms with E-state index in [2.05, 4.69) is 28.6 Å². The lowest BCUT2D eigenvalue weighted by Crippen LogP contribution is -2.51. The summed E-state index contributed by atoms with van der Waals surface area (Å²) in [5, 5.41) is 1.23. The first-order valence-electron chi connectivity index (χ1n) is 14.1. The van der Waals surface area contributed by atoms with Crippen molar-refractivity contribution in [3.05, 3.63) is 57.1 Å². The van der Waals surface area contributed by atoms with E-state index >= 15 is 0 Å². The molecule has 3 atom stereocenters. The molecule has 1 aliphatic carbocycles. The van der Waals surface area contributed by atoms with E-state index in [0.717, 1.165) is 42.6 Å². The maximum absolute atomic E-state index is 12.9. The second-order valence-electron chi connectivity index (χ2n) is 10.9. The fraction of sp³-hybridized carbons (Fsp3) is 0.586. The number of aryl methyl sites for hydroxylation is 1. The molecule has 1 heterocycles. The number of likely N-dealkylation sites (N-methyl/N-ethyl adjacent to an activating group) is 1. The summed E-state index contributed by atoms with van der Waals surface area (Å²) >= 11 is 13.1. The molecule has 0 bridgehead atoms. The Kier molecular flexibility index (Phi) is 11.7. The van der Waals surface area contributed by atoms with Crippen molar-refractivity contribution in [1.82, 2.24) is 14.5 Å². The van der Waals surface area contributed by atoms with Crippen LogP contribution in [0.15, 0.2) is 35.2 Å². The number of nitrogens with zero attached hydrogens (tertiary/aromatic N) is 2. The molecule has 9 nitrogen and oxygen atoms in total. The quantitative estimate of drug-likeness (QED) is 0.306. The van der Waals surface area contributed by atoms with E-state index < -0.39 is 10.0 Å². The molecule has 228 valence electrons. The Morgan fingerprint density at radius 1 is 1.10 bits per heavy atom. The van der Waals surface area contributed by atoms with Gasteiger partial charge in [-0.2, -0.15) is 0 Å². The summed E-state index contributed by atoms with van der Waals surface area (Å²) in [6, 6.07) is 9.25. The second kappa shape index (κ2) is 14.8. The maximum atomic E-state index is 12.9. The number of ether oxygens (including phenoxy) is 3. The van der Waals surface area contributed by atoms with Gasteiger partial charge in [0.2, 0.25) is 10.0 Å². The van der Waals surface area contributed by atoms with E-state index in [1.807, 2.05) is 13.0 Å². The minimum Gasteiger partial charge on any atom is -0.484 e. The van der Waals surface area contributed by atoms with Gasteiger partial charge in [0.25, 0.3) is 0 Å². The number of nitrogens with two attached hydrogens (primary N) is 1. The highest BCUT2D eigenvalue weighted by Gasteiger charge is 2.41. The van der Waals surface area contributed by atoms with Crippen LogP contribution in [-0.4, -0.2) is 97.0 Å². The Balaban J connectivity index is 1.46. The molecule has 2 aromatic carbocycles. The number of halogens is 2. The number of hydrogen-bond donors (Lipinski definition) is 2. The van der Waals surface area contributed by atoms with Crippen molar-refractivity contribution in [3.8, 4) is 5.75 Å². The van der Waals surface area contributed by atoms with E-state index in [9.17, 15) is 8.42 Å². The molecule has 2 aliphatic rings. The van der Waals surface area contributed by atoms with Crippen LogP contribution < -0.4 is 15.2 Å². The van der Waals surface area contributed by atoms with E-state index in [-0.39, 0.29) is 30.2 Å². The molecule has 2 aromatic rings. The van der Waals surface area contributed by atoms with Gasteiger partial charge >= 0.3 is 0 Å². The standard InChI is InChI=1S/C29H42Cl2N4O5S/c1-20-15-23(41(36,37)33-9-12-39-14-13-38-11-8-32)6-7-28(20)40-29-25-16-21(30)17-26(31)24(25)18-27(29)35-10-4-5-22(19-35)34(2)3/h6-7,15-17,22,27,29,33H,4-5,8-14,18-19,32H2,1-3H3/t22-,27+,29+/m1/s1. The Bertz CT molecular complexity index is 1280. The van der Waals surface area contributed by atoms with Gasteiger partial charge in [0, 0.05) is 41.3 Å². The Morgan fingerprint density at radius 2 is 1.85 bits per heavy atom. The third kappa shape index (κ3) is 8.34. The molecule has 4 rings (SSSR count). The molecule has 3 N–H and O–H groups in total. The van der Waals surface area contributed by atoms with Gasteiger partial charge in [0.05, 0.1) is 37.4 Å². The van der Waals surface area contributed by atoms with Crippen molar-refractivity contribution < 1.29 is 22.6 Å². The number of sulfonamides is 1. The smallest absolute Gasteiger partial charge is 0.240 e. The molecule has 1 saturated heterocycles. The summed E-state index contributed by atoms with van der Waals surface area (Å²) in [4.78, 5) is 4.97. The first-order chi connectivity index (χ1) is 19.6. The average Bonchev–Trinajstić information content (AvgIpc) is 3.29. The van der Waals surface area contributed by atoms with E-state index in [4.69, 9.17) is 43.1 Å². The number of likely N-dealkylation sites (tertiary alicyclic amines) is 1. The predicted octanol–water partition coefficient (Wildman–Crippen LogP) is 3.64. The van der Waals surface area contributed by atoms with E-state index in [0.29, 0.717) is 48.2 Å². The molecule has 0 aromatic heterocycles. The lowest BCUT2D eigenvalue weighted by atomic mass is 10.0. The van der Waals surface area contributed by atoms with Gasteiger partial charge in [-0.25, -0.2) is 13.1 Å². The van der Waals surface area contributed by atoms with Gasteiger partial charge in [-0.15, -0.1) is 0 Å². The van der Waals surface area contributed by atoms with Crippen LogP contribution in [0.5, 0.6) is 5.75 Å². The Hall–Kier alpha value is -1.47. The zero-order chi connectivity index (χ0) is 29.6. The molecular weight excluding hydrogens is 587 g/mol. The second-order valence-corrected chi connectivity index (χ2v) is 13.5. The zero-order valence-electron chi connectivity index (χ0n) is 24.1. The van der Waals surface area contributed by atoms with Crippen molar-refractivity contribution in [2.24, 2.45) is 5.73 Å². The minimum absolute atomic E-state index is 0.0916. The fourth-order valence-electron chi connectivity index (χ4n) is 5.58. The van der Waals surface area contributed by atoms with Gasteiger partial charge in [-0.3, -0.25) is 4.90 Å². The molecule has 12 heteroatoms. The number of hydrogen-bond acceptors (Lipinski definition) is 8. The van der Waals surface area contributed by atoms with Crippen LogP contribution in [0.25, 0.3) is 0 Å². The summed E-state index contributed by atoms with van der Waals surface area (Å²) in [6.45, 7) is 5.91. The first kappa shape index (κ1) is 32.4. The molecule has 0 amide bonds. The van der Waals surface area contributed by atoms with Crippen LogP contribution in [0.3, 0.4) is 0 Å². The highest BCUT2D eigenvalue weighted by molar-refractivity contribution is 7.89. The minimum atomic E-state index is -3.71. The number of benzene rings is 2. The summed E-state index contributed by atoms with van der Waals surface area (Å²) in [6.07, 6.45) is 2.77. The molecule has 1 fully saturated rings. The molecule has 0 unspecified atom stereocenters. The summed E-state index contributed by atoms with van der Waals surface area (Å²) < 4.78 is 45.8. The van der Waals surface area contributed by atoms with Gasteiger partial charge in [-0.1, -0.05) is 23.2 Å². The zero-order valence-corrected chi connectivity index (χ0v) is 26.4. The highest BCUT2D eigenvalue weighted by Crippen LogP contribution is 2.44. The van der Waals surface area contributed by atoms with E-state index in [1.54, 1.807) is 24.3 Å². The Morgan fingerprint density at radius 3 is 2.56 bits per heavy atom. The van der Waals surface area contributed by atoms with Crippen molar-refractivity contribution in [2.75, 3.05) is 66.7 Å². The van der Waals surface area contributed by atoms with Gasteiger partial charge in [-0.05, 0) is 88.3 Å². The normalized spacial score (nSPS) is 21.4.